The molecule has 36 heavy (non-hydrogen) atoms. The van der Waals surface area contributed by atoms with Crippen LogP contribution >= 0.6 is 0 Å². The summed E-state index contributed by atoms with van der Waals surface area (Å²) in [6.45, 7) is 19.1. The fourth-order valence-corrected chi connectivity index (χ4v) is 3.82. The second-order valence-electron chi connectivity index (χ2n) is 12.3. The van der Waals surface area contributed by atoms with E-state index >= 15 is 0 Å². The van der Waals surface area contributed by atoms with Crippen molar-refractivity contribution in [1.29, 1.82) is 0 Å². The number of hydroxylamine groups is 1. The van der Waals surface area contributed by atoms with Gasteiger partial charge in [0.15, 0.2) is 0 Å². The van der Waals surface area contributed by atoms with E-state index in [1.54, 1.807) is 0 Å². The summed E-state index contributed by atoms with van der Waals surface area (Å²) >= 11 is 0. The van der Waals surface area contributed by atoms with Crippen molar-refractivity contribution >= 4 is 11.9 Å². The predicted molar refractivity (Wildman–Crippen MR) is 142 cm³/mol. The molecule has 0 spiro atoms. The molecular formula is C29H49NO6. The highest BCUT2D eigenvalue weighted by molar-refractivity contribution is 5.74. The van der Waals surface area contributed by atoms with Crippen LogP contribution in [0.3, 0.4) is 0 Å². The first-order valence-corrected chi connectivity index (χ1v) is 13.0. The fourth-order valence-electron chi connectivity index (χ4n) is 3.82. The van der Waals surface area contributed by atoms with E-state index in [2.05, 4.69) is 5.48 Å². The van der Waals surface area contributed by atoms with Crippen molar-refractivity contribution in [2.75, 3.05) is 0 Å². The smallest absolute Gasteiger partial charge is 0.309 e. The third-order valence-corrected chi connectivity index (χ3v) is 5.81. The summed E-state index contributed by atoms with van der Waals surface area (Å²) in [5.74, 6) is -1.67. The van der Waals surface area contributed by atoms with E-state index < -0.39 is 35.2 Å². The monoisotopic (exact) mass is 507 g/mol. The van der Waals surface area contributed by atoms with Gasteiger partial charge in [-0.15, -0.1) is 0 Å². The van der Waals surface area contributed by atoms with E-state index in [0.717, 1.165) is 5.56 Å². The average molecular weight is 508 g/mol. The molecule has 2 N–H and O–H groups in total. The van der Waals surface area contributed by atoms with Crippen molar-refractivity contribution in [2.45, 2.75) is 112 Å². The lowest BCUT2D eigenvalue weighted by Gasteiger charge is -2.33. The molecule has 206 valence electrons. The van der Waals surface area contributed by atoms with Gasteiger partial charge >= 0.3 is 11.9 Å². The van der Waals surface area contributed by atoms with Crippen LogP contribution in [0.2, 0.25) is 0 Å². The van der Waals surface area contributed by atoms with Crippen LogP contribution in [-0.2, 0) is 30.5 Å². The van der Waals surface area contributed by atoms with Crippen LogP contribution in [0.1, 0.15) is 87.6 Å². The Balaban J connectivity index is 3.09. The Hall–Kier alpha value is -1.96. The van der Waals surface area contributed by atoms with Crippen molar-refractivity contribution in [3.05, 3.63) is 35.9 Å². The van der Waals surface area contributed by atoms with Gasteiger partial charge in [-0.1, -0.05) is 58.0 Å². The summed E-state index contributed by atoms with van der Waals surface area (Å²) in [4.78, 5) is 31.7. The molecule has 1 aromatic rings. The standard InChI is InChI=1S/C29H49NO6/c1-19(2)22(26(32)35-28(5,6)7)16-24(30-34-18-21-14-12-11-13-15-21)25(31)17-23(20(3)4)27(33)36-29(8,9)10/h11-15,19-20,22-25,30-31H,16-18H2,1-10H3/t22-,23-,24-,25-/m0/s1. The Morgan fingerprint density at radius 1 is 0.806 bits per heavy atom. The van der Waals surface area contributed by atoms with Crippen LogP contribution < -0.4 is 5.48 Å². The SMILES string of the molecule is CC(C)[C@H](C[C@H](NOCc1ccccc1)[C@@H](O)C[C@H](C(=O)OC(C)(C)C)C(C)C)C(=O)OC(C)(C)C. The minimum absolute atomic E-state index is 0.0165. The number of nitrogens with one attached hydrogen (secondary N) is 1. The van der Waals surface area contributed by atoms with E-state index in [9.17, 15) is 14.7 Å². The van der Waals surface area contributed by atoms with Gasteiger partial charge in [-0.3, -0.25) is 14.4 Å². The Labute approximate surface area is 218 Å². The van der Waals surface area contributed by atoms with Gasteiger partial charge in [0.05, 0.1) is 30.6 Å². The summed E-state index contributed by atoms with van der Waals surface area (Å²) < 4.78 is 11.3. The normalized spacial score (nSPS) is 15.9. The Kier molecular flexibility index (Phi) is 12.6. The number of aliphatic hydroxyl groups is 1. The summed E-state index contributed by atoms with van der Waals surface area (Å²) in [7, 11) is 0. The molecule has 0 fully saturated rings. The molecule has 1 rings (SSSR count). The number of carbonyl (C=O) groups excluding carboxylic acids is 2. The maximum absolute atomic E-state index is 13.0. The maximum atomic E-state index is 13.0. The zero-order valence-electron chi connectivity index (χ0n) is 24.0. The summed E-state index contributed by atoms with van der Waals surface area (Å²) in [6.07, 6.45) is -0.482. The Morgan fingerprint density at radius 2 is 1.25 bits per heavy atom. The molecule has 0 heterocycles. The zero-order chi connectivity index (χ0) is 27.7. The second kappa shape index (κ2) is 14.1. The average Bonchev–Trinajstić information content (AvgIpc) is 2.71. The zero-order valence-corrected chi connectivity index (χ0v) is 24.0. The molecule has 4 atom stereocenters. The molecule has 0 saturated carbocycles. The van der Waals surface area contributed by atoms with E-state index in [4.69, 9.17) is 14.3 Å². The quantitative estimate of drug-likeness (QED) is 0.271. The minimum Gasteiger partial charge on any atom is -0.460 e. The number of rotatable bonds is 13. The molecular weight excluding hydrogens is 458 g/mol. The van der Waals surface area contributed by atoms with Gasteiger partial charge in [0.25, 0.3) is 0 Å². The third kappa shape index (κ3) is 12.3. The highest BCUT2D eigenvalue weighted by Crippen LogP contribution is 2.28. The fraction of sp³-hybridized carbons (Fsp3) is 0.724. The van der Waals surface area contributed by atoms with Gasteiger partial charge in [0.1, 0.15) is 11.2 Å². The van der Waals surface area contributed by atoms with Crippen molar-refractivity contribution in [2.24, 2.45) is 23.7 Å². The van der Waals surface area contributed by atoms with Crippen LogP contribution in [0, 0.1) is 23.7 Å². The molecule has 0 aliphatic heterocycles. The van der Waals surface area contributed by atoms with E-state index in [0.29, 0.717) is 13.0 Å². The lowest BCUT2D eigenvalue weighted by atomic mass is 9.83. The number of hydrogen-bond donors (Lipinski definition) is 2. The number of ether oxygens (including phenoxy) is 2. The van der Waals surface area contributed by atoms with Crippen molar-refractivity contribution < 1.29 is 29.0 Å². The molecule has 0 aromatic heterocycles. The molecule has 7 heteroatoms. The Morgan fingerprint density at radius 3 is 1.67 bits per heavy atom. The molecule has 0 amide bonds. The number of hydrogen-bond acceptors (Lipinski definition) is 7. The molecule has 0 aliphatic rings. The van der Waals surface area contributed by atoms with Crippen LogP contribution in [0.25, 0.3) is 0 Å². The molecule has 0 saturated heterocycles. The van der Waals surface area contributed by atoms with Crippen molar-refractivity contribution in [3.8, 4) is 0 Å². The first-order valence-electron chi connectivity index (χ1n) is 13.0. The van der Waals surface area contributed by atoms with E-state index in [1.807, 2.05) is 99.6 Å². The third-order valence-electron chi connectivity index (χ3n) is 5.81. The highest BCUT2D eigenvalue weighted by Gasteiger charge is 2.36. The molecule has 0 unspecified atom stereocenters. The summed E-state index contributed by atoms with van der Waals surface area (Å²) in [5.41, 5.74) is 2.73. The van der Waals surface area contributed by atoms with Crippen LogP contribution in [-0.4, -0.2) is 40.4 Å². The van der Waals surface area contributed by atoms with E-state index in [1.165, 1.54) is 0 Å². The number of esters is 2. The molecule has 7 nitrogen and oxygen atoms in total. The number of aliphatic hydroxyl groups excluding tert-OH is 1. The largest absolute Gasteiger partial charge is 0.460 e. The summed E-state index contributed by atoms with van der Waals surface area (Å²) in [6, 6.07) is 9.08. The molecule has 1 aromatic carbocycles. The van der Waals surface area contributed by atoms with Gasteiger partial charge in [0, 0.05) is 0 Å². The first kappa shape index (κ1) is 32.1. The van der Waals surface area contributed by atoms with Crippen LogP contribution in [0.5, 0.6) is 0 Å². The summed E-state index contributed by atoms with van der Waals surface area (Å²) in [5, 5.41) is 11.3. The van der Waals surface area contributed by atoms with Gasteiger partial charge in [0.2, 0.25) is 0 Å². The first-order chi connectivity index (χ1) is 16.5. The van der Waals surface area contributed by atoms with Crippen molar-refractivity contribution in [3.63, 3.8) is 0 Å². The highest BCUT2D eigenvalue weighted by atomic mass is 16.6. The van der Waals surface area contributed by atoms with E-state index in [-0.39, 0.29) is 30.2 Å². The lowest BCUT2D eigenvalue weighted by molar-refractivity contribution is -0.166. The van der Waals surface area contributed by atoms with Gasteiger partial charge in [-0.05, 0) is 71.8 Å². The number of benzene rings is 1. The van der Waals surface area contributed by atoms with Crippen LogP contribution in [0.15, 0.2) is 30.3 Å². The van der Waals surface area contributed by atoms with Crippen molar-refractivity contribution in [1.82, 2.24) is 5.48 Å². The minimum atomic E-state index is -0.954. The molecule has 0 aliphatic carbocycles. The lowest BCUT2D eigenvalue weighted by Crippen LogP contribution is -2.46. The van der Waals surface area contributed by atoms with Gasteiger partial charge in [-0.25, -0.2) is 0 Å². The molecule has 0 radical (unpaired) electrons. The predicted octanol–water partition coefficient (Wildman–Crippen LogP) is 5.45. The van der Waals surface area contributed by atoms with Gasteiger partial charge in [-0.2, -0.15) is 5.48 Å². The molecule has 0 bridgehead atoms. The Bertz CT molecular complexity index is 794. The maximum Gasteiger partial charge on any atom is 0.309 e. The van der Waals surface area contributed by atoms with Crippen LogP contribution in [0.4, 0.5) is 0 Å². The topological polar surface area (TPSA) is 94.1 Å². The van der Waals surface area contributed by atoms with Gasteiger partial charge < -0.3 is 14.6 Å². The number of carbonyl (C=O) groups is 2. The second-order valence-corrected chi connectivity index (χ2v) is 12.3.